The van der Waals surface area contributed by atoms with E-state index < -0.39 is 11.2 Å². The third-order valence-corrected chi connectivity index (χ3v) is 7.48. The number of anilines is 1. The lowest BCUT2D eigenvalue weighted by molar-refractivity contribution is -0.115. The predicted octanol–water partition coefficient (Wildman–Crippen LogP) is 3.63. The van der Waals surface area contributed by atoms with Gasteiger partial charge in [-0.2, -0.15) is 0 Å². The molecule has 1 aliphatic rings. The van der Waals surface area contributed by atoms with Gasteiger partial charge in [0.25, 0.3) is 5.91 Å². The first-order valence-corrected chi connectivity index (χ1v) is 11.5. The number of rotatable bonds is 7. The highest BCUT2D eigenvalue weighted by Crippen LogP contribution is 2.39. The van der Waals surface area contributed by atoms with Gasteiger partial charge in [-0.05, 0) is 51.7 Å². The maximum Gasteiger partial charge on any atom is 0.251 e. The number of hydrogen-bond acceptors (Lipinski definition) is 7. The van der Waals surface area contributed by atoms with E-state index in [1.54, 1.807) is 6.26 Å². The number of amides is 2. The number of fused-ring (bicyclic) bond motifs is 1. The molecule has 0 radical (unpaired) electrons. The molecule has 4 rings (SSSR count). The zero-order valence-electron chi connectivity index (χ0n) is 17.0. The molecule has 1 atom stereocenters. The third-order valence-electron chi connectivity index (χ3n) is 5.19. The molecule has 3 aromatic rings. The van der Waals surface area contributed by atoms with Crippen molar-refractivity contribution in [3.8, 4) is 11.4 Å². The molecule has 30 heavy (non-hydrogen) atoms. The Kier molecular flexibility index (Phi) is 5.70. The third kappa shape index (κ3) is 3.65. The summed E-state index contributed by atoms with van der Waals surface area (Å²) >= 11 is 2.78. The average molecular weight is 446 g/mol. The second kappa shape index (κ2) is 8.27. The van der Waals surface area contributed by atoms with E-state index in [0.717, 1.165) is 41.0 Å². The molecular formula is C20H23N5O3S2. The molecule has 0 aromatic carbocycles. The van der Waals surface area contributed by atoms with Crippen molar-refractivity contribution in [1.29, 1.82) is 0 Å². The van der Waals surface area contributed by atoms with Gasteiger partial charge in [-0.3, -0.25) is 9.59 Å². The number of aryl methyl sites for hydroxylation is 2. The first-order chi connectivity index (χ1) is 14.4. The number of furan rings is 1. The Balaban J connectivity index is 1.52. The maximum atomic E-state index is 12.9. The topological polar surface area (TPSA) is 116 Å². The first kappa shape index (κ1) is 20.7. The number of thiophene rings is 1. The van der Waals surface area contributed by atoms with Crippen LogP contribution < -0.4 is 11.1 Å². The summed E-state index contributed by atoms with van der Waals surface area (Å²) in [5.41, 5.74) is 7.93. The molecule has 8 nitrogen and oxygen atoms in total. The Bertz CT molecular complexity index is 1110. The first-order valence-electron chi connectivity index (χ1n) is 9.80. The number of thioether (sulfide) groups is 1. The minimum atomic E-state index is -0.490. The molecule has 3 N–H and O–H groups in total. The van der Waals surface area contributed by atoms with Gasteiger partial charge in [0.2, 0.25) is 5.91 Å². The molecule has 0 aliphatic heterocycles. The van der Waals surface area contributed by atoms with E-state index in [4.69, 9.17) is 10.2 Å². The summed E-state index contributed by atoms with van der Waals surface area (Å²) < 4.78 is 7.34. The molecule has 3 heterocycles. The number of carbonyl (C=O) groups is 2. The minimum absolute atomic E-state index is 0.200. The molecule has 0 spiro atoms. The van der Waals surface area contributed by atoms with Crippen molar-refractivity contribution >= 4 is 39.9 Å². The number of hydrogen-bond donors (Lipinski definition) is 2. The molecule has 2 amide bonds. The molecule has 158 valence electrons. The van der Waals surface area contributed by atoms with Crippen LogP contribution in [0.5, 0.6) is 0 Å². The van der Waals surface area contributed by atoms with E-state index in [-0.39, 0.29) is 5.91 Å². The summed E-state index contributed by atoms with van der Waals surface area (Å²) in [6.07, 6.45) is 4.40. The lowest BCUT2D eigenvalue weighted by Crippen LogP contribution is -2.24. The van der Waals surface area contributed by atoms with Gasteiger partial charge in [0, 0.05) is 11.4 Å². The van der Waals surface area contributed by atoms with Crippen molar-refractivity contribution < 1.29 is 14.0 Å². The molecule has 10 heteroatoms. The van der Waals surface area contributed by atoms with Gasteiger partial charge in [0.05, 0.1) is 22.6 Å². The van der Waals surface area contributed by atoms with Crippen molar-refractivity contribution in [2.45, 2.75) is 57.0 Å². The van der Waals surface area contributed by atoms with E-state index in [9.17, 15) is 9.59 Å². The lowest BCUT2D eigenvalue weighted by atomic mass is 10.1. The predicted molar refractivity (Wildman–Crippen MR) is 117 cm³/mol. The van der Waals surface area contributed by atoms with E-state index in [1.165, 1.54) is 23.1 Å². The second-order valence-electron chi connectivity index (χ2n) is 7.12. The standard InChI is InChI=1S/C20H23N5O3S2/c1-4-25-17(12-8-9-28-10(12)2)23-24-20(25)29-11(3)18(27)22-19-15(16(21)26)13-6-5-7-14(13)30-19/h8-9,11H,4-7H2,1-3H3,(H2,21,26)(H,22,27). The normalized spacial score (nSPS) is 14.0. The Morgan fingerprint density at radius 3 is 2.87 bits per heavy atom. The van der Waals surface area contributed by atoms with Gasteiger partial charge in [0.1, 0.15) is 10.8 Å². The fourth-order valence-electron chi connectivity index (χ4n) is 3.66. The van der Waals surface area contributed by atoms with Crippen LogP contribution in [0.4, 0.5) is 5.00 Å². The van der Waals surface area contributed by atoms with Crippen LogP contribution in [0.3, 0.4) is 0 Å². The van der Waals surface area contributed by atoms with Crippen LogP contribution in [-0.2, 0) is 24.2 Å². The lowest BCUT2D eigenvalue weighted by Gasteiger charge is -2.13. The second-order valence-corrected chi connectivity index (χ2v) is 9.53. The number of nitrogens with zero attached hydrogens (tertiary/aromatic N) is 3. The molecule has 3 aromatic heterocycles. The Labute approximate surface area is 182 Å². The SMILES string of the molecule is CCn1c(SC(C)C(=O)Nc2sc3c(c2C(N)=O)CCC3)nnc1-c1ccoc1C. The van der Waals surface area contributed by atoms with Crippen LogP contribution in [0.25, 0.3) is 11.4 Å². The molecule has 0 saturated heterocycles. The molecule has 1 unspecified atom stereocenters. The summed E-state index contributed by atoms with van der Waals surface area (Å²) in [5.74, 6) is 0.790. The minimum Gasteiger partial charge on any atom is -0.469 e. The number of nitrogens with two attached hydrogens (primary N) is 1. The van der Waals surface area contributed by atoms with Crippen LogP contribution in [0.15, 0.2) is 21.9 Å². The largest absolute Gasteiger partial charge is 0.469 e. The van der Waals surface area contributed by atoms with Crippen LogP contribution in [0.2, 0.25) is 0 Å². The zero-order chi connectivity index (χ0) is 21.4. The van der Waals surface area contributed by atoms with Crippen LogP contribution in [0, 0.1) is 6.92 Å². The van der Waals surface area contributed by atoms with E-state index in [2.05, 4.69) is 15.5 Å². The molecule has 0 saturated carbocycles. The van der Waals surface area contributed by atoms with Gasteiger partial charge in [-0.1, -0.05) is 11.8 Å². The highest BCUT2D eigenvalue weighted by molar-refractivity contribution is 8.00. The molecule has 1 aliphatic carbocycles. The van der Waals surface area contributed by atoms with Gasteiger partial charge in [-0.15, -0.1) is 21.5 Å². The summed E-state index contributed by atoms with van der Waals surface area (Å²) in [4.78, 5) is 26.0. The summed E-state index contributed by atoms with van der Waals surface area (Å²) in [7, 11) is 0. The van der Waals surface area contributed by atoms with Crippen LogP contribution in [-0.4, -0.2) is 31.8 Å². The number of carbonyl (C=O) groups excluding carboxylic acids is 2. The highest BCUT2D eigenvalue weighted by atomic mass is 32.2. The van der Waals surface area contributed by atoms with Crippen molar-refractivity contribution in [2.75, 3.05) is 5.32 Å². The summed E-state index contributed by atoms with van der Waals surface area (Å²) in [6.45, 7) is 6.35. The fraction of sp³-hybridized carbons (Fsp3) is 0.400. The smallest absolute Gasteiger partial charge is 0.251 e. The zero-order valence-corrected chi connectivity index (χ0v) is 18.7. The van der Waals surface area contributed by atoms with E-state index in [1.807, 2.05) is 31.4 Å². The Morgan fingerprint density at radius 1 is 1.40 bits per heavy atom. The fourth-order valence-corrected chi connectivity index (χ4v) is 5.87. The molecular weight excluding hydrogens is 422 g/mol. The number of aromatic nitrogens is 3. The Morgan fingerprint density at radius 2 is 2.20 bits per heavy atom. The summed E-state index contributed by atoms with van der Waals surface area (Å²) in [6, 6.07) is 1.86. The van der Waals surface area contributed by atoms with Crippen LogP contribution in [0.1, 0.15) is 46.8 Å². The van der Waals surface area contributed by atoms with Crippen molar-refractivity contribution in [3.05, 3.63) is 34.1 Å². The Hall–Kier alpha value is -2.59. The van der Waals surface area contributed by atoms with Crippen molar-refractivity contribution in [2.24, 2.45) is 5.73 Å². The number of primary amides is 1. The van der Waals surface area contributed by atoms with E-state index in [0.29, 0.717) is 28.1 Å². The van der Waals surface area contributed by atoms with E-state index >= 15 is 0 Å². The van der Waals surface area contributed by atoms with Crippen LogP contribution >= 0.6 is 23.1 Å². The van der Waals surface area contributed by atoms with Gasteiger partial charge < -0.3 is 20.0 Å². The number of nitrogens with one attached hydrogen (secondary N) is 1. The molecule has 0 bridgehead atoms. The average Bonchev–Trinajstić information content (AvgIpc) is 3.45. The quantitative estimate of drug-likeness (QED) is 0.537. The monoisotopic (exact) mass is 445 g/mol. The van der Waals surface area contributed by atoms with Crippen molar-refractivity contribution in [1.82, 2.24) is 14.8 Å². The maximum absolute atomic E-state index is 12.9. The molecule has 0 fully saturated rings. The highest BCUT2D eigenvalue weighted by Gasteiger charge is 2.28. The summed E-state index contributed by atoms with van der Waals surface area (Å²) in [5, 5.41) is 12.3. The van der Waals surface area contributed by atoms with Gasteiger partial charge in [-0.25, -0.2) is 0 Å². The van der Waals surface area contributed by atoms with Gasteiger partial charge >= 0.3 is 0 Å². The van der Waals surface area contributed by atoms with Gasteiger partial charge in [0.15, 0.2) is 11.0 Å². The van der Waals surface area contributed by atoms with Crippen molar-refractivity contribution in [3.63, 3.8) is 0 Å².